The van der Waals surface area contributed by atoms with Crippen molar-refractivity contribution in [2.24, 2.45) is 0 Å². The van der Waals surface area contributed by atoms with E-state index in [0.717, 1.165) is 65.2 Å². The van der Waals surface area contributed by atoms with Crippen LogP contribution in [0.1, 0.15) is 89.5 Å². The maximum absolute atomic E-state index is 12.1. The Balaban J connectivity index is 1.42. The molecule has 0 unspecified atom stereocenters. The highest BCUT2D eigenvalue weighted by atomic mass is 32.2. The number of carbonyl (C=O) groups excluding carboxylic acids is 1. The van der Waals surface area contributed by atoms with Crippen LogP contribution in [0.4, 0.5) is 11.4 Å². The molecule has 1 aliphatic carbocycles. The van der Waals surface area contributed by atoms with Gasteiger partial charge in [-0.3, -0.25) is 9.35 Å². The first-order chi connectivity index (χ1) is 25.6. The Morgan fingerprint density at radius 1 is 0.926 bits per heavy atom. The number of anilines is 1. The minimum atomic E-state index is -4.35. The average molecular weight is 750 g/mol. The molecule has 3 aromatic carbocycles. The molecule has 0 atom stereocenters. The highest BCUT2D eigenvalue weighted by molar-refractivity contribution is 7.85. The van der Waals surface area contributed by atoms with Crippen LogP contribution in [-0.4, -0.2) is 49.4 Å². The van der Waals surface area contributed by atoms with Gasteiger partial charge in [-0.15, -0.1) is 0 Å². The summed E-state index contributed by atoms with van der Waals surface area (Å²) < 4.78 is 48.0. The quantitative estimate of drug-likeness (QED) is 0.119. The molecule has 54 heavy (non-hydrogen) atoms. The summed E-state index contributed by atoms with van der Waals surface area (Å²) in [4.78, 5) is 13.8. The van der Waals surface area contributed by atoms with Gasteiger partial charge in [0.15, 0.2) is 5.71 Å². The van der Waals surface area contributed by atoms with Crippen LogP contribution in [0.2, 0.25) is 0 Å². The molecule has 3 aliphatic rings. The van der Waals surface area contributed by atoms with Crippen molar-refractivity contribution in [2.45, 2.75) is 96.3 Å². The van der Waals surface area contributed by atoms with Gasteiger partial charge in [0.2, 0.25) is 5.69 Å². The van der Waals surface area contributed by atoms with E-state index in [9.17, 15) is 17.8 Å². The molecule has 2 aliphatic heterocycles. The zero-order valence-electron chi connectivity index (χ0n) is 32.8. The first-order valence-corrected chi connectivity index (χ1v) is 20.4. The standard InChI is InChI=1S/C45H52N2O6S/c1-9-46-38-23-14-30(3)28-36(38)44(4,5)40(46)25-18-32-12-11-13-33(43(32)53-34-20-15-31(16-21-34)17-27-42(48)52-8)19-26-41-45(6,7)37-29-35(54(49,50)51)22-24-39(37)47(41)10-2/h14-16,18-26,28-29H,9-13,17,27H2,1-8H3/p+1. The second-order valence-corrected chi connectivity index (χ2v) is 16.8. The molecule has 0 amide bonds. The van der Waals surface area contributed by atoms with Gasteiger partial charge in [0, 0.05) is 47.5 Å². The van der Waals surface area contributed by atoms with Crippen molar-refractivity contribution in [2.75, 3.05) is 25.1 Å². The number of allylic oxidation sites excluding steroid dienone is 7. The number of rotatable bonds is 11. The third-order valence-corrected chi connectivity index (χ3v) is 12.0. The number of aryl methyl sites for hydroxylation is 2. The number of ether oxygens (including phenoxy) is 2. The molecule has 0 aromatic heterocycles. The first-order valence-electron chi connectivity index (χ1n) is 18.9. The van der Waals surface area contributed by atoms with Gasteiger partial charge in [0.05, 0.1) is 17.4 Å². The maximum atomic E-state index is 12.1. The van der Waals surface area contributed by atoms with Gasteiger partial charge in [-0.05, 0) is 131 Å². The lowest BCUT2D eigenvalue weighted by Gasteiger charge is -2.26. The number of benzene rings is 3. The largest absolute Gasteiger partial charge is 0.469 e. The Bertz CT molecular complexity index is 2240. The number of hydrogen-bond acceptors (Lipinski definition) is 6. The van der Waals surface area contributed by atoms with Gasteiger partial charge < -0.3 is 14.4 Å². The second-order valence-electron chi connectivity index (χ2n) is 15.4. The summed E-state index contributed by atoms with van der Waals surface area (Å²) in [6, 6.07) is 19.5. The Hall–Kier alpha value is -4.73. The molecular weight excluding hydrogens is 697 g/mol. The number of nitrogens with zero attached hydrogens (tertiary/aromatic N) is 2. The lowest BCUT2D eigenvalue weighted by molar-refractivity contribution is -0.433. The van der Waals surface area contributed by atoms with E-state index in [1.807, 2.05) is 24.3 Å². The molecule has 8 nitrogen and oxygen atoms in total. The molecule has 3 aromatic rings. The Kier molecular flexibility index (Phi) is 11.0. The second kappa shape index (κ2) is 15.2. The lowest BCUT2D eigenvalue weighted by Crippen LogP contribution is -2.27. The molecule has 0 fully saturated rings. The summed E-state index contributed by atoms with van der Waals surface area (Å²) in [6.07, 6.45) is 12.4. The van der Waals surface area contributed by atoms with Crippen LogP contribution >= 0.6 is 0 Å². The van der Waals surface area contributed by atoms with E-state index in [1.165, 1.54) is 35.7 Å². The fraction of sp³-hybridized carbons (Fsp3) is 0.378. The van der Waals surface area contributed by atoms with E-state index in [2.05, 4.69) is 100 Å². The molecule has 9 heteroatoms. The summed E-state index contributed by atoms with van der Waals surface area (Å²) in [7, 11) is -2.94. The summed E-state index contributed by atoms with van der Waals surface area (Å²) in [6.45, 7) is 16.7. The number of likely N-dealkylation sites (N-methyl/N-ethyl adjacent to an activating group) is 1. The molecule has 0 saturated heterocycles. The fourth-order valence-corrected chi connectivity index (χ4v) is 8.69. The molecule has 0 spiro atoms. The zero-order chi connectivity index (χ0) is 39.0. The minimum Gasteiger partial charge on any atom is -0.469 e. The number of fused-ring (bicyclic) bond motifs is 2. The van der Waals surface area contributed by atoms with Crippen molar-refractivity contribution >= 4 is 33.2 Å². The van der Waals surface area contributed by atoms with Gasteiger partial charge in [-0.25, -0.2) is 0 Å². The monoisotopic (exact) mass is 749 g/mol. The maximum Gasteiger partial charge on any atom is 0.305 e. The highest BCUT2D eigenvalue weighted by Gasteiger charge is 2.44. The number of esters is 1. The van der Waals surface area contributed by atoms with Crippen molar-refractivity contribution < 1.29 is 31.8 Å². The van der Waals surface area contributed by atoms with Crippen molar-refractivity contribution in [3.05, 3.63) is 130 Å². The summed E-state index contributed by atoms with van der Waals surface area (Å²) in [5.74, 6) is 1.31. The van der Waals surface area contributed by atoms with E-state index >= 15 is 0 Å². The third-order valence-electron chi connectivity index (χ3n) is 11.2. The minimum absolute atomic E-state index is 0.105. The topological polar surface area (TPSA) is 96.2 Å². The fourth-order valence-electron chi connectivity index (χ4n) is 8.19. The van der Waals surface area contributed by atoms with Crippen molar-refractivity contribution in [3.63, 3.8) is 0 Å². The average Bonchev–Trinajstić information content (AvgIpc) is 3.49. The van der Waals surface area contributed by atoms with Crippen molar-refractivity contribution in [3.8, 4) is 5.75 Å². The smallest absolute Gasteiger partial charge is 0.305 e. The van der Waals surface area contributed by atoms with Gasteiger partial charge in [0.25, 0.3) is 10.1 Å². The van der Waals surface area contributed by atoms with Crippen LogP contribution < -0.4 is 9.64 Å². The van der Waals surface area contributed by atoms with E-state index in [0.29, 0.717) is 25.1 Å². The molecule has 0 radical (unpaired) electrons. The predicted octanol–water partition coefficient (Wildman–Crippen LogP) is 9.44. The van der Waals surface area contributed by atoms with E-state index < -0.39 is 15.5 Å². The predicted molar refractivity (Wildman–Crippen MR) is 216 cm³/mol. The van der Waals surface area contributed by atoms with E-state index in [1.54, 1.807) is 12.1 Å². The summed E-state index contributed by atoms with van der Waals surface area (Å²) in [5.41, 5.74) is 10.4. The highest BCUT2D eigenvalue weighted by Crippen LogP contribution is 2.49. The number of carbonyl (C=O) groups is 1. The molecule has 0 saturated carbocycles. The van der Waals surface area contributed by atoms with Gasteiger partial charge in [-0.1, -0.05) is 43.7 Å². The first kappa shape index (κ1) is 39.0. The molecule has 6 rings (SSSR count). The normalized spacial score (nSPS) is 19.2. The number of hydrogen-bond donors (Lipinski definition) is 1. The van der Waals surface area contributed by atoms with Gasteiger partial charge >= 0.3 is 5.97 Å². The third kappa shape index (κ3) is 7.49. The Morgan fingerprint density at radius 3 is 2.33 bits per heavy atom. The van der Waals surface area contributed by atoms with Gasteiger partial charge in [0.1, 0.15) is 18.1 Å². The zero-order valence-corrected chi connectivity index (χ0v) is 33.6. The summed E-state index contributed by atoms with van der Waals surface area (Å²) >= 11 is 0. The van der Waals surface area contributed by atoms with Crippen molar-refractivity contribution in [1.82, 2.24) is 0 Å². The lowest BCUT2D eigenvalue weighted by atomic mass is 9.80. The summed E-state index contributed by atoms with van der Waals surface area (Å²) in [5, 5.41) is 0. The number of methoxy groups -OCH3 is 1. The Labute approximate surface area is 321 Å². The molecule has 2 heterocycles. The molecule has 284 valence electrons. The van der Waals surface area contributed by atoms with Crippen LogP contribution in [0.5, 0.6) is 5.75 Å². The molecule has 1 N–H and O–H groups in total. The van der Waals surface area contributed by atoms with Crippen molar-refractivity contribution in [1.29, 1.82) is 0 Å². The van der Waals surface area contributed by atoms with Crippen LogP contribution in [0.15, 0.2) is 112 Å². The van der Waals surface area contributed by atoms with E-state index in [-0.39, 0.29) is 16.3 Å². The van der Waals surface area contributed by atoms with Crippen LogP contribution in [-0.2, 0) is 36.9 Å². The van der Waals surface area contributed by atoms with Gasteiger partial charge in [-0.2, -0.15) is 13.0 Å². The SMILES string of the molecule is CCN1/C(=C/C=C2\CCCC(/C=C/C3=[N+](CC)c4ccc(C)cc4C3(C)C)=C2Oc2ccc(CCC(=O)OC)cc2)C(C)(C)c2cc(S(=O)(=O)O)ccc21. The van der Waals surface area contributed by atoms with E-state index in [4.69, 9.17) is 9.47 Å². The molecule has 0 bridgehead atoms. The van der Waals surface area contributed by atoms with Crippen LogP contribution in [0.25, 0.3) is 0 Å². The molecular formula is C45H53N2O6S+. The Morgan fingerprint density at radius 2 is 1.67 bits per heavy atom. The van der Waals surface area contributed by atoms with Crippen LogP contribution in [0, 0.1) is 6.92 Å². The van der Waals surface area contributed by atoms with Crippen LogP contribution in [0.3, 0.4) is 0 Å².